The van der Waals surface area contributed by atoms with Crippen molar-refractivity contribution >= 4 is 34.4 Å². The van der Waals surface area contributed by atoms with Gasteiger partial charge in [-0.2, -0.15) is 0 Å². The number of rotatable bonds is 4. The van der Waals surface area contributed by atoms with Gasteiger partial charge in [-0.25, -0.2) is 4.98 Å². The molecule has 8 heteroatoms. The van der Waals surface area contributed by atoms with Crippen LogP contribution in [-0.4, -0.2) is 50.8 Å². The van der Waals surface area contributed by atoms with Crippen LogP contribution in [0.1, 0.15) is 38.6 Å². The van der Waals surface area contributed by atoms with E-state index in [9.17, 15) is 9.59 Å². The highest BCUT2D eigenvalue weighted by Crippen LogP contribution is 2.29. The maximum Gasteiger partial charge on any atom is 0.254 e. The zero-order valence-electron chi connectivity index (χ0n) is 18.3. The largest absolute Gasteiger partial charge is 0.348 e. The third kappa shape index (κ3) is 4.47. The van der Waals surface area contributed by atoms with Crippen molar-refractivity contribution in [3.63, 3.8) is 0 Å². The maximum absolute atomic E-state index is 13.4. The molecule has 7 nitrogen and oxygen atoms in total. The molecule has 4 aromatic rings. The summed E-state index contributed by atoms with van der Waals surface area (Å²) in [5.74, 6) is -0.399. The first-order valence-corrected chi connectivity index (χ1v) is 11.4. The average molecular weight is 472 g/mol. The van der Waals surface area contributed by atoms with Crippen LogP contribution >= 0.6 is 11.6 Å². The van der Waals surface area contributed by atoms with E-state index in [1.54, 1.807) is 42.9 Å². The molecule has 0 aliphatic carbocycles. The topological polar surface area (TPSA) is 88.1 Å². The summed E-state index contributed by atoms with van der Waals surface area (Å²) in [6, 6.07) is 18.5. The second kappa shape index (κ2) is 9.57. The summed E-state index contributed by atoms with van der Waals surface area (Å²) in [4.78, 5) is 40.8. The van der Waals surface area contributed by atoms with Gasteiger partial charge in [-0.3, -0.25) is 19.6 Å². The molecule has 1 saturated heterocycles. The van der Waals surface area contributed by atoms with Gasteiger partial charge >= 0.3 is 0 Å². The van der Waals surface area contributed by atoms with E-state index in [1.165, 1.54) is 0 Å². The lowest BCUT2D eigenvalue weighted by molar-refractivity contribution is 0.0671. The third-order valence-corrected chi connectivity index (χ3v) is 6.47. The zero-order chi connectivity index (χ0) is 23.5. The molecular weight excluding hydrogens is 450 g/mol. The lowest BCUT2D eigenvalue weighted by Gasteiger charge is -2.39. The quantitative estimate of drug-likeness (QED) is 0.452. The summed E-state index contributed by atoms with van der Waals surface area (Å²) in [6.45, 7) is 0.999. The fourth-order valence-electron chi connectivity index (χ4n) is 4.43. The molecule has 2 aromatic carbocycles. The van der Waals surface area contributed by atoms with Crippen molar-refractivity contribution in [2.75, 3.05) is 13.1 Å². The Kier molecular flexibility index (Phi) is 6.18. The van der Waals surface area contributed by atoms with E-state index < -0.39 is 0 Å². The SMILES string of the molecule is O=C(N[C@@H]1CCN(C(=O)c2ccc3nccnc3c2)C[C@@H]1c1ccccc1)c1cccnc1Cl. The number of carbonyl (C=O) groups is 2. The van der Waals surface area contributed by atoms with E-state index in [1.807, 2.05) is 41.3 Å². The standard InChI is InChI=1S/C26H22ClN5O2/c27-24-19(7-4-11-30-24)25(33)31-21-10-14-32(16-20(21)17-5-2-1-3-6-17)26(34)18-8-9-22-23(15-18)29-13-12-28-22/h1-9,11-13,15,20-21H,10,14,16H2,(H,31,33)/t20-,21-/m1/s1. The predicted molar refractivity (Wildman–Crippen MR) is 130 cm³/mol. The fourth-order valence-corrected chi connectivity index (χ4v) is 4.63. The highest BCUT2D eigenvalue weighted by molar-refractivity contribution is 6.32. The molecule has 5 rings (SSSR count). The molecule has 170 valence electrons. The smallest absolute Gasteiger partial charge is 0.254 e. The first kappa shape index (κ1) is 22.0. The molecule has 2 amide bonds. The Bertz CT molecular complexity index is 1350. The number of carbonyl (C=O) groups excluding carboxylic acids is 2. The molecular formula is C26H22ClN5O2. The molecule has 1 aliphatic heterocycles. The molecule has 0 radical (unpaired) electrons. The van der Waals surface area contributed by atoms with Crippen molar-refractivity contribution in [3.05, 3.63) is 101 Å². The number of aromatic nitrogens is 3. The second-order valence-electron chi connectivity index (χ2n) is 8.24. The van der Waals surface area contributed by atoms with Crippen LogP contribution in [0.5, 0.6) is 0 Å². The van der Waals surface area contributed by atoms with Gasteiger partial charge in [0, 0.05) is 49.2 Å². The van der Waals surface area contributed by atoms with Gasteiger partial charge in [0.2, 0.25) is 0 Å². The van der Waals surface area contributed by atoms with Crippen LogP contribution in [-0.2, 0) is 0 Å². The van der Waals surface area contributed by atoms with Gasteiger partial charge < -0.3 is 10.2 Å². The zero-order valence-corrected chi connectivity index (χ0v) is 19.0. The summed E-state index contributed by atoms with van der Waals surface area (Å²) < 4.78 is 0. The summed E-state index contributed by atoms with van der Waals surface area (Å²) in [6.07, 6.45) is 5.41. The minimum absolute atomic E-state index is 0.0615. The third-order valence-electron chi connectivity index (χ3n) is 6.16. The van der Waals surface area contributed by atoms with Crippen molar-refractivity contribution in [2.45, 2.75) is 18.4 Å². The number of amides is 2. The number of halogens is 1. The van der Waals surface area contributed by atoms with Crippen molar-refractivity contribution < 1.29 is 9.59 Å². The van der Waals surface area contributed by atoms with Crippen LogP contribution in [0.4, 0.5) is 0 Å². The molecule has 2 atom stereocenters. The number of fused-ring (bicyclic) bond motifs is 1. The van der Waals surface area contributed by atoms with E-state index in [0.717, 1.165) is 11.1 Å². The number of pyridine rings is 1. The molecule has 34 heavy (non-hydrogen) atoms. The predicted octanol–water partition coefficient (Wildman–Crippen LogP) is 4.11. The number of piperidine rings is 1. The molecule has 2 aromatic heterocycles. The Labute approximate surface area is 201 Å². The van der Waals surface area contributed by atoms with E-state index in [2.05, 4.69) is 20.3 Å². The minimum atomic E-state index is -0.267. The highest BCUT2D eigenvalue weighted by atomic mass is 35.5. The van der Waals surface area contributed by atoms with Gasteiger partial charge in [-0.05, 0) is 42.3 Å². The molecule has 0 bridgehead atoms. The van der Waals surface area contributed by atoms with Crippen molar-refractivity contribution in [1.82, 2.24) is 25.2 Å². The van der Waals surface area contributed by atoms with Gasteiger partial charge in [0.25, 0.3) is 11.8 Å². The van der Waals surface area contributed by atoms with E-state index in [-0.39, 0.29) is 28.9 Å². The van der Waals surface area contributed by atoms with E-state index in [0.29, 0.717) is 36.2 Å². The van der Waals surface area contributed by atoms with Crippen LogP contribution in [0.2, 0.25) is 5.15 Å². The van der Waals surface area contributed by atoms with Gasteiger partial charge in [0.05, 0.1) is 16.6 Å². The normalized spacial score (nSPS) is 18.0. The highest BCUT2D eigenvalue weighted by Gasteiger charge is 2.34. The number of hydrogen-bond acceptors (Lipinski definition) is 5. The van der Waals surface area contributed by atoms with Crippen LogP contribution < -0.4 is 5.32 Å². The Morgan fingerprint density at radius 1 is 0.912 bits per heavy atom. The van der Waals surface area contributed by atoms with Crippen molar-refractivity contribution in [3.8, 4) is 0 Å². The number of benzene rings is 2. The number of likely N-dealkylation sites (tertiary alicyclic amines) is 1. The Morgan fingerprint density at radius 2 is 1.71 bits per heavy atom. The molecule has 0 unspecified atom stereocenters. The van der Waals surface area contributed by atoms with Crippen molar-refractivity contribution in [2.24, 2.45) is 0 Å². The molecule has 0 spiro atoms. The lowest BCUT2D eigenvalue weighted by atomic mass is 9.85. The van der Waals surface area contributed by atoms with Crippen LogP contribution in [0.3, 0.4) is 0 Å². The van der Waals surface area contributed by atoms with Gasteiger partial charge in [0.1, 0.15) is 5.15 Å². The average Bonchev–Trinajstić information content (AvgIpc) is 2.89. The summed E-state index contributed by atoms with van der Waals surface area (Å²) in [5, 5.41) is 3.30. The van der Waals surface area contributed by atoms with Gasteiger partial charge in [-0.15, -0.1) is 0 Å². The summed E-state index contributed by atoms with van der Waals surface area (Å²) in [5.41, 5.74) is 3.41. The molecule has 3 heterocycles. The Morgan fingerprint density at radius 3 is 2.50 bits per heavy atom. The minimum Gasteiger partial charge on any atom is -0.348 e. The summed E-state index contributed by atoms with van der Waals surface area (Å²) in [7, 11) is 0. The number of nitrogens with one attached hydrogen (secondary N) is 1. The summed E-state index contributed by atoms with van der Waals surface area (Å²) >= 11 is 6.13. The van der Waals surface area contributed by atoms with Gasteiger partial charge in [-0.1, -0.05) is 41.9 Å². The second-order valence-corrected chi connectivity index (χ2v) is 8.60. The first-order chi connectivity index (χ1) is 16.6. The molecule has 1 aliphatic rings. The lowest BCUT2D eigenvalue weighted by Crippen LogP contribution is -2.51. The maximum atomic E-state index is 13.4. The fraction of sp³-hybridized carbons (Fsp3) is 0.192. The van der Waals surface area contributed by atoms with Crippen LogP contribution in [0.25, 0.3) is 11.0 Å². The van der Waals surface area contributed by atoms with Gasteiger partial charge in [0.15, 0.2) is 0 Å². The molecule has 1 fully saturated rings. The Balaban J connectivity index is 1.39. The van der Waals surface area contributed by atoms with Crippen LogP contribution in [0.15, 0.2) is 79.3 Å². The van der Waals surface area contributed by atoms with Crippen molar-refractivity contribution in [1.29, 1.82) is 0 Å². The number of hydrogen-bond donors (Lipinski definition) is 1. The Hall–Kier alpha value is -3.84. The van der Waals surface area contributed by atoms with Crippen LogP contribution in [0, 0.1) is 0 Å². The molecule has 1 N–H and O–H groups in total. The van der Waals surface area contributed by atoms with E-state index >= 15 is 0 Å². The first-order valence-electron chi connectivity index (χ1n) is 11.1. The van der Waals surface area contributed by atoms with E-state index in [4.69, 9.17) is 11.6 Å². The molecule has 0 saturated carbocycles. The number of nitrogens with zero attached hydrogens (tertiary/aromatic N) is 4. The monoisotopic (exact) mass is 471 g/mol.